The van der Waals surface area contributed by atoms with Crippen LogP contribution in [0.4, 0.5) is 20.2 Å². The van der Waals surface area contributed by atoms with E-state index in [9.17, 15) is 13.6 Å². The van der Waals surface area contributed by atoms with Crippen LogP contribution in [-0.2, 0) is 22.2 Å². The van der Waals surface area contributed by atoms with Gasteiger partial charge in [-0.15, -0.1) is 0 Å². The van der Waals surface area contributed by atoms with E-state index in [0.29, 0.717) is 47.7 Å². The summed E-state index contributed by atoms with van der Waals surface area (Å²) >= 11 is 0. The minimum Gasteiger partial charge on any atom is -0.494 e. The number of esters is 1. The van der Waals surface area contributed by atoms with Gasteiger partial charge in [-0.1, -0.05) is 24.3 Å². The molecule has 43 heavy (non-hydrogen) atoms. The van der Waals surface area contributed by atoms with Crippen LogP contribution in [0.2, 0.25) is 0 Å². The maximum absolute atomic E-state index is 14.7. The third-order valence-electron chi connectivity index (χ3n) is 6.35. The first-order valence-corrected chi connectivity index (χ1v) is 13.4. The van der Waals surface area contributed by atoms with Crippen molar-refractivity contribution in [3.8, 4) is 28.7 Å². The summed E-state index contributed by atoms with van der Waals surface area (Å²) in [4.78, 5) is 12.4. The van der Waals surface area contributed by atoms with Gasteiger partial charge in [-0.05, 0) is 108 Å². The van der Waals surface area contributed by atoms with Crippen LogP contribution in [0.15, 0.2) is 91.0 Å². The highest BCUT2D eigenvalue weighted by atomic mass is 19.3. The molecule has 219 valence electrons. The smallest absolute Gasteiger partial charge is 0.426 e. The van der Waals surface area contributed by atoms with Gasteiger partial charge in [0.1, 0.15) is 18.1 Å². The zero-order valence-electron chi connectivity index (χ0n) is 23.3. The molecule has 1 radical (unpaired) electrons. The summed E-state index contributed by atoms with van der Waals surface area (Å²) in [6.45, 7) is 4.34. The number of alkyl halides is 2. The van der Waals surface area contributed by atoms with Crippen molar-refractivity contribution in [2.24, 2.45) is 0 Å². The number of benzene rings is 4. The lowest BCUT2D eigenvalue weighted by Gasteiger charge is -2.18. The van der Waals surface area contributed by atoms with Gasteiger partial charge in [-0.2, -0.15) is 14.0 Å². The number of nitriles is 1. The zero-order valence-corrected chi connectivity index (χ0v) is 23.3. The zero-order chi connectivity index (χ0) is 30.8. The molecule has 7 nitrogen and oxygen atoms in total. The number of nitrogens with zero attached hydrogens (tertiary/aromatic N) is 1. The lowest BCUT2D eigenvalue weighted by atomic mass is 9.95. The Labute approximate surface area is 248 Å². The Morgan fingerprint density at radius 3 is 2.23 bits per heavy atom. The first-order chi connectivity index (χ1) is 20.6. The van der Waals surface area contributed by atoms with Crippen molar-refractivity contribution in [1.82, 2.24) is 0 Å². The molecule has 0 atom stereocenters. The third-order valence-corrected chi connectivity index (χ3v) is 6.35. The number of hydrogen-bond acceptors (Lipinski definition) is 7. The molecule has 0 saturated carbocycles. The average Bonchev–Trinajstić information content (AvgIpc) is 2.98. The first kappa shape index (κ1) is 30.6. The maximum atomic E-state index is 14.7. The van der Waals surface area contributed by atoms with Gasteiger partial charge in [0, 0.05) is 23.9 Å². The molecule has 0 bridgehead atoms. The van der Waals surface area contributed by atoms with Crippen molar-refractivity contribution in [2.45, 2.75) is 25.6 Å². The second-order valence-corrected chi connectivity index (χ2v) is 9.60. The monoisotopic (exact) mass is 582 g/mol. The number of hydrogen-bond donors (Lipinski definition) is 2. The van der Waals surface area contributed by atoms with E-state index in [0.717, 1.165) is 16.7 Å². The number of carbonyl (C=O) groups excluding carboxylic acids is 1. The van der Waals surface area contributed by atoms with Crippen molar-refractivity contribution in [3.05, 3.63) is 120 Å². The van der Waals surface area contributed by atoms with Crippen LogP contribution in [-0.4, -0.2) is 12.6 Å². The van der Waals surface area contributed by atoms with Crippen molar-refractivity contribution in [1.29, 1.82) is 5.26 Å². The normalized spacial score (nSPS) is 11.2. The highest BCUT2D eigenvalue weighted by Gasteiger charge is 2.34. The molecule has 0 fully saturated rings. The number of halogens is 2. The molecule has 0 heterocycles. The number of nitrogens with two attached hydrogens (primary N) is 2. The fourth-order valence-corrected chi connectivity index (χ4v) is 4.17. The predicted molar refractivity (Wildman–Crippen MR) is 162 cm³/mol. The molecule has 0 aliphatic carbocycles. The summed E-state index contributed by atoms with van der Waals surface area (Å²) in [7, 11) is 0. The summed E-state index contributed by atoms with van der Waals surface area (Å²) in [5, 5.41) is 8.56. The van der Waals surface area contributed by atoms with E-state index in [2.05, 4.69) is 6.92 Å². The molecule has 4 rings (SSSR count). The van der Waals surface area contributed by atoms with Gasteiger partial charge >= 0.3 is 12.1 Å². The number of anilines is 2. The minimum absolute atomic E-state index is 0.0243. The second kappa shape index (κ2) is 14.0. The lowest BCUT2D eigenvalue weighted by molar-refractivity contribution is -0.185. The lowest BCUT2D eigenvalue weighted by Crippen LogP contribution is -2.21. The van der Waals surface area contributed by atoms with Crippen molar-refractivity contribution in [2.75, 3.05) is 18.1 Å². The quantitative estimate of drug-likeness (QED) is 0.0780. The van der Waals surface area contributed by atoms with Crippen LogP contribution >= 0.6 is 0 Å². The van der Waals surface area contributed by atoms with Crippen LogP contribution in [0, 0.1) is 18.3 Å². The Hall–Kier alpha value is -5.36. The Bertz CT molecular complexity index is 1630. The number of carbonyl (C=O) groups is 1. The van der Waals surface area contributed by atoms with E-state index >= 15 is 0 Å². The molecule has 0 aliphatic heterocycles. The van der Waals surface area contributed by atoms with Crippen molar-refractivity contribution in [3.63, 3.8) is 0 Å². The average molecular weight is 583 g/mol. The Kier molecular flexibility index (Phi) is 9.97. The molecular formula is C34H30F2N3O4. The van der Waals surface area contributed by atoms with E-state index in [1.54, 1.807) is 36.4 Å². The highest BCUT2D eigenvalue weighted by molar-refractivity contribution is 5.87. The first-order valence-electron chi connectivity index (χ1n) is 13.4. The summed E-state index contributed by atoms with van der Waals surface area (Å²) in [5.41, 5.74) is 16.3. The van der Waals surface area contributed by atoms with Crippen molar-refractivity contribution < 1.29 is 27.8 Å². The molecular weight excluding hydrogens is 552 g/mol. The van der Waals surface area contributed by atoms with E-state index < -0.39 is 12.1 Å². The molecule has 0 aromatic heterocycles. The molecule has 0 saturated heterocycles. The van der Waals surface area contributed by atoms with Gasteiger partial charge in [0.15, 0.2) is 0 Å². The number of rotatable bonds is 12. The molecule has 0 unspecified atom stereocenters. The molecule has 4 N–H and O–H groups in total. The Morgan fingerprint density at radius 2 is 1.56 bits per heavy atom. The van der Waals surface area contributed by atoms with Gasteiger partial charge in [0.2, 0.25) is 0 Å². The number of nitrogen functional groups attached to an aromatic ring is 2. The number of unbranched alkanes of at least 4 members (excludes halogenated alkanes) is 1. The molecule has 4 aromatic rings. The summed E-state index contributed by atoms with van der Waals surface area (Å²) < 4.78 is 45.2. The molecule has 4 aromatic carbocycles. The van der Waals surface area contributed by atoms with Gasteiger partial charge in [-0.25, -0.2) is 4.79 Å². The van der Waals surface area contributed by atoms with Crippen molar-refractivity contribution >= 4 is 23.4 Å². The minimum atomic E-state index is -3.58. The summed E-state index contributed by atoms with van der Waals surface area (Å²) in [6.07, 6.45) is 0.0835. The molecule has 0 spiro atoms. The standard InChI is InChI=1S/C34H30F2N3O4/c1-23-20-27(38)9-15-31(23)32-16-10-28(39)21-25(32)22-42-33(40)17-6-24-4-11-30(12-5-24)43-34(35,36)26-7-13-29(14-8-26)41-19-3-2-18-37/h4-17,20-21H,1-3,19,22,38-39H2/b17-6+. The van der Waals surface area contributed by atoms with Gasteiger partial charge in [0.25, 0.3) is 0 Å². The predicted octanol–water partition coefficient (Wildman–Crippen LogP) is 7.27. The third kappa shape index (κ3) is 8.57. The summed E-state index contributed by atoms with van der Waals surface area (Å²) in [6, 6.07) is 23.9. The van der Waals surface area contributed by atoms with E-state index in [4.69, 9.17) is 30.9 Å². The molecule has 0 amide bonds. The van der Waals surface area contributed by atoms with Crippen LogP contribution in [0.5, 0.6) is 11.5 Å². The largest absolute Gasteiger partial charge is 0.494 e. The Balaban J connectivity index is 1.33. The van der Waals surface area contributed by atoms with Crippen LogP contribution in [0.3, 0.4) is 0 Å². The second-order valence-electron chi connectivity index (χ2n) is 9.60. The number of ether oxygens (including phenoxy) is 3. The van der Waals surface area contributed by atoms with Gasteiger partial charge in [0.05, 0.1) is 18.2 Å². The fourth-order valence-electron chi connectivity index (χ4n) is 4.17. The van der Waals surface area contributed by atoms with Gasteiger partial charge < -0.3 is 25.7 Å². The van der Waals surface area contributed by atoms with Gasteiger partial charge in [-0.3, -0.25) is 0 Å². The van der Waals surface area contributed by atoms with E-state index in [1.165, 1.54) is 48.6 Å². The highest BCUT2D eigenvalue weighted by Crippen LogP contribution is 2.33. The SMILES string of the molecule is [CH2]c1cc(N)ccc1-c1ccc(N)cc1COC(=O)/C=C/c1ccc(OC(F)(F)c2ccc(OCCCC#N)cc2)cc1. The topological polar surface area (TPSA) is 121 Å². The van der Waals surface area contributed by atoms with Crippen LogP contribution in [0.25, 0.3) is 17.2 Å². The maximum Gasteiger partial charge on any atom is 0.426 e. The van der Waals surface area contributed by atoms with E-state index in [-0.39, 0.29) is 17.9 Å². The Morgan fingerprint density at radius 1 is 0.907 bits per heavy atom. The van der Waals surface area contributed by atoms with Crippen LogP contribution < -0.4 is 20.9 Å². The molecule has 0 aliphatic rings. The fraction of sp³-hybridized carbons (Fsp3) is 0.147. The van der Waals surface area contributed by atoms with E-state index in [1.807, 2.05) is 18.2 Å². The molecule has 9 heteroatoms. The van der Waals surface area contributed by atoms with Crippen LogP contribution in [0.1, 0.15) is 35.1 Å². The summed E-state index contributed by atoms with van der Waals surface area (Å²) in [5.74, 6) is -0.220.